The molecule has 0 radical (unpaired) electrons. The van der Waals surface area contributed by atoms with Crippen LogP contribution in [-0.4, -0.2) is 19.2 Å². The number of rotatable bonds is 5. The van der Waals surface area contributed by atoms with Crippen molar-refractivity contribution in [3.63, 3.8) is 0 Å². The number of nitrogens with one attached hydrogen (secondary N) is 1. The average molecular weight is 262 g/mol. The fourth-order valence-electron chi connectivity index (χ4n) is 1.63. The van der Waals surface area contributed by atoms with Crippen LogP contribution in [0.1, 0.15) is 5.56 Å². The highest BCUT2D eigenvalue weighted by atomic mass is 19.1. The van der Waals surface area contributed by atoms with E-state index in [1.54, 1.807) is 25.4 Å². The van der Waals surface area contributed by atoms with Gasteiger partial charge in [-0.15, -0.1) is 0 Å². The quantitative estimate of drug-likeness (QED) is 0.899. The molecule has 2 rings (SSSR count). The van der Waals surface area contributed by atoms with Crippen LogP contribution in [0.2, 0.25) is 0 Å². The second-order valence-electron chi connectivity index (χ2n) is 3.91. The van der Waals surface area contributed by atoms with Gasteiger partial charge in [-0.2, -0.15) is 0 Å². The van der Waals surface area contributed by atoms with E-state index in [9.17, 15) is 4.39 Å². The summed E-state index contributed by atoms with van der Waals surface area (Å²) in [6, 6.07) is 8.48. The van der Waals surface area contributed by atoms with Crippen LogP contribution in [0.25, 0.3) is 0 Å². The van der Waals surface area contributed by atoms with Crippen molar-refractivity contribution in [3.05, 3.63) is 47.9 Å². The molecule has 1 N–H and O–H groups in total. The third-order valence-corrected chi connectivity index (χ3v) is 2.66. The highest BCUT2D eigenvalue weighted by molar-refractivity contribution is 5.43. The average Bonchev–Trinajstić information content (AvgIpc) is 2.46. The van der Waals surface area contributed by atoms with Crippen LogP contribution in [0, 0.1) is 5.82 Å². The Hall–Kier alpha value is -2.30. The number of hydrogen-bond donors (Lipinski definition) is 1. The molecule has 1 heterocycles. The molecule has 5 heteroatoms. The molecule has 19 heavy (non-hydrogen) atoms. The van der Waals surface area contributed by atoms with E-state index in [4.69, 9.17) is 9.47 Å². The lowest BCUT2D eigenvalue weighted by molar-refractivity contribution is 0.386. The van der Waals surface area contributed by atoms with Gasteiger partial charge in [0, 0.05) is 12.6 Å². The van der Waals surface area contributed by atoms with Crippen molar-refractivity contribution in [3.8, 4) is 11.6 Å². The lowest BCUT2D eigenvalue weighted by Gasteiger charge is -2.08. The predicted octanol–water partition coefficient (Wildman–Crippen LogP) is 2.85. The van der Waals surface area contributed by atoms with E-state index in [1.165, 1.54) is 13.2 Å². The zero-order valence-corrected chi connectivity index (χ0v) is 10.8. The number of pyridine rings is 1. The van der Waals surface area contributed by atoms with Crippen LogP contribution in [-0.2, 0) is 6.54 Å². The molecule has 1 aromatic carbocycles. The zero-order valence-electron chi connectivity index (χ0n) is 10.8. The van der Waals surface area contributed by atoms with Crippen molar-refractivity contribution in [2.75, 3.05) is 19.5 Å². The number of methoxy groups -OCH3 is 2. The van der Waals surface area contributed by atoms with Gasteiger partial charge in [-0.1, -0.05) is 6.07 Å². The molecule has 2 aromatic rings. The Bertz CT molecular complexity index is 544. The molecule has 0 atom stereocenters. The summed E-state index contributed by atoms with van der Waals surface area (Å²) >= 11 is 0. The number of nitrogens with zero attached hydrogens (tertiary/aromatic N) is 1. The van der Waals surface area contributed by atoms with Gasteiger partial charge >= 0.3 is 0 Å². The molecular formula is C14H15FN2O2. The first-order valence-electron chi connectivity index (χ1n) is 5.79. The van der Waals surface area contributed by atoms with E-state index in [2.05, 4.69) is 10.3 Å². The minimum Gasteiger partial charge on any atom is -0.494 e. The normalized spacial score (nSPS) is 10.1. The molecule has 0 amide bonds. The number of halogens is 1. The van der Waals surface area contributed by atoms with Gasteiger partial charge in [0.25, 0.3) is 0 Å². The van der Waals surface area contributed by atoms with E-state index < -0.39 is 0 Å². The van der Waals surface area contributed by atoms with Gasteiger partial charge in [0.05, 0.1) is 26.1 Å². The molecule has 0 spiro atoms. The lowest BCUT2D eigenvalue weighted by atomic mass is 10.2. The summed E-state index contributed by atoms with van der Waals surface area (Å²) in [7, 11) is 3.01. The van der Waals surface area contributed by atoms with E-state index in [1.807, 2.05) is 12.1 Å². The van der Waals surface area contributed by atoms with Gasteiger partial charge in [-0.3, -0.25) is 0 Å². The van der Waals surface area contributed by atoms with Gasteiger partial charge in [-0.25, -0.2) is 9.37 Å². The second-order valence-corrected chi connectivity index (χ2v) is 3.91. The maximum atomic E-state index is 13.5. The Morgan fingerprint density at radius 1 is 1.16 bits per heavy atom. The van der Waals surface area contributed by atoms with Crippen molar-refractivity contribution in [1.82, 2.24) is 4.98 Å². The Morgan fingerprint density at radius 3 is 2.58 bits per heavy atom. The van der Waals surface area contributed by atoms with Gasteiger partial charge in [0.2, 0.25) is 5.88 Å². The van der Waals surface area contributed by atoms with Crippen LogP contribution in [0.15, 0.2) is 36.5 Å². The van der Waals surface area contributed by atoms with Crippen molar-refractivity contribution < 1.29 is 13.9 Å². The Morgan fingerprint density at radius 2 is 2.00 bits per heavy atom. The Labute approximate surface area is 111 Å². The molecule has 4 nitrogen and oxygen atoms in total. The topological polar surface area (TPSA) is 43.4 Å². The van der Waals surface area contributed by atoms with Crippen LogP contribution >= 0.6 is 0 Å². The van der Waals surface area contributed by atoms with Crippen molar-refractivity contribution in [2.45, 2.75) is 6.54 Å². The first-order valence-corrected chi connectivity index (χ1v) is 5.79. The summed E-state index contributed by atoms with van der Waals surface area (Å²) in [5.74, 6) is 0.436. The minimum absolute atomic E-state index is 0.245. The lowest BCUT2D eigenvalue weighted by Crippen LogP contribution is -2.01. The van der Waals surface area contributed by atoms with Gasteiger partial charge in [-0.05, 0) is 23.8 Å². The van der Waals surface area contributed by atoms with E-state index >= 15 is 0 Å². The largest absolute Gasteiger partial charge is 0.494 e. The minimum atomic E-state index is -0.366. The number of ether oxygens (including phenoxy) is 2. The maximum Gasteiger partial charge on any atom is 0.213 e. The van der Waals surface area contributed by atoms with Gasteiger partial charge in [0.1, 0.15) is 0 Å². The fraction of sp³-hybridized carbons (Fsp3) is 0.214. The summed E-state index contributed by atoms with van der Waals surface area (Å²) < 4.78 is 23.3. The molecule has 100 valence electrons. The van der Waals surface area contributed by atoms with Crippen LogP contribution in [0.3, 0.4) is 0 Å². The predicted molar refractivity (Wildman–Crippen MR) is 71.1 cm³/mol. The molecule has 0 saturated heterocycles. The molecule has 0 saturated carbocycles. The number of hydrogen-bond acceptors (Lipinski definition) is 4. The van der Waals surface area contributed by atoms with Crippen molar-refractivity contribution >= 4 is 5.69 Å². The summed E-state index contributed by atoms with van der Waals surface area (Å²) in [5.41, 5.74) is 1.67. The molecule has 0 aliphatic carbocycles. The zero-order chi connectivity index (χ0) is 13.7. The first kappa shape index (κ1) is 13.1. The van der Waals surface area contributed by atoms with Crippen LogP contribution in [0.5, 0.6) is 11.6 Å². The SMILES string of the molecule is COc1ccc(NCc2ccc(OC)c(F)c2)cn1. The smallest absolute Gasteiger partial charge is 0.213 e. The summed E-state index contributed by atoms with van der Waals surface area (Å²) in [6.07, 6.45) is 1.67. The summed E-state index contributed by atoms with van der Waals surface area (Å²) in [6.45, 7) is 0.509. The number of benzene rings is 1. The highest BCUT2D eigenvalue weighted by Crippen LogP contribution is 2.18. The molecule has 1 aromatic heterocycles. The van der Waals surface area contributed by atoms with Crippen molar-refractivity contribution in [1.29, 1.82) is 0 Å². The molecule has 0 aliphatic rings. The first-order chi connectivity index (χ1) is 9.22. The highest BCUT2D eigenvalue weighted by Gasteiger charge is 2.03. The number of aromatic nitrogens is 1. The van der Waals surface area contributed by atoms with E-state index in [-0.39, 0.29) is 11.6 Å². The van der Waals surface area contributed by atoms with Gasteiger partial charge in [0.15, 0.2) is 11.6 Å². The molecule has 0 fully saturated rings. The molecule has 0 unspecified atom stereocenters. The second kappa shape index (κ2) is 6.04. The van der Waals surface area contributed by atoms with Crippen molar-refractivity contribution in [2.24, 2.45) is 0 Å². The monoisotopic (exact) mass is 262 g/mol. The standard InChI is InChI=1S/C14H15FN2O2/c1-18-13-5-3-10(7-12(13)15)8-16-11-4-6-14(19-2)17-9-11/h3-7,9,16H,8H2,1-2H3. The molecule has 0 bridgehead atoms. The summed E-state index contributed by atoms with van der Waals surface area (Å²) in [5, 5.41) is 3.15. The fourth-order valence-corrected chi connectivity index (χ4v) is 1.63. The maximum absolute atomic E-state index is 13.5. The van der Waals surface area contributed by atoms with Crippen LogP contribution in [0.4, 0.5) is 10.1 Å². The third-order valence-electron chi connectivity index (χ3n) is 2.66. The van der Waals surface area contributed by atoms with E-state index in [0.717, 1.165) is 11.3 Å². The third kappa shape index (κ3) is 3.34. The van der Waals surface area contributed by atoms with Gasteiger partial charge < -0.3 is 14.8 Å². The molecular weight excluding hydrogens is 247 g/mol. The van der Waals surface area contributed by atoms with Crippen LogP contribution < -0.4 is 14.8 Å². The van der Waals surface area contributed by atoms with E-state index in [0.29, 0.717) is 12.4 Å². The Kier molecular flexibility index (Phi) is 4.18. The summed E-state index contributed by atoms with van der Waals surface area (Å²) in [4.78, 5) is 4.08. The molecule has 0 aliphatic heterocycles. The number of anilines is 1. The Balaban J connectivity index is 1.99.